The van der Waals surface area contributed by atoms with Gasteiger partial charge in [-0.1, -0.05) is 0 Å². The van der Waals surface area contributed by atoms with Crippen LogP contribution in [0, 0.1) is 5.92 Å². The molecule has 0 aliphatic heterocycles. The van der Waals surface area contributed by atoms with Crippen LogP contribution in [0.2, 0.25) is 0 Å². The number of nitrogens with one attached hydrogen (secondary N) is 2. The quantitative estimate of drug-likeness (QED) is 0.262. The molecule has 1 fully saturated rings. The standard InChI is InChI=1S/C15H22N4O3.HI/c1-21-12-6-5-11(9-13(12)22-2)19-15(16)18-8-7-17-14(20)10-3-4-10;/h5-6,9-10H,3-4,7-8H2,1-2H3,(H,17,20)(H3,16,18,19);1H. The van der Waals surface area contributed by atoms with E-state index in [2.05, 4.69) is 15.6 Å². The number of nitrogens with zero attached hydrogens (tertiary/aromatic N) is 1. The zero-order valence-electron chi connectivity index (χ0n) is 13.3. The molecule has 1 aliphatic carbocycles. The Balaban J connectivity index is 0.00000264. The van der Waals surface area contributed by atoms with Crippen LogP contribution >= 0.6 is 24.0 Å². The van der Waals surface area contributed by atoms with E-state index >= 15 is 0 Å². The Morgan fingerprint density at radius 2 is 2.00 bits per heavy atom. The number of hydrogen-bond donors (Lipinski definition) is 3. The Morgan fingerprint density at radius 1 is 1.30 bits per heavy atom. The Morgan fingerprint density at radius 3 is 2.61 bits per heavy atom. The summed E-state index contributed by atoms with van der Waals surface area (Å²) in [5.74, 6) is 1.86. The van der Waals surface area contributed by atoms with Gasteiger partial charge in [0, 0.05) is 24.2 Å². The molecule has 1 saturated carbocycles. The van der Waals surface area contributed by atoms with Gasteiger partial charge in [-0.3, -0.25) is 9.79 Å². The molecule has 2 rings (SSSR count). The zero-order valence-corrected chi connectivity index (χ0v) is 15.6. The second-order valence-corrected chi connectivity index (χ2v) is 5.03. The maximum absolute atomic E-state index is 11.4. The lowest BCUT2D eigenvalue weighted by Crippen LogP contribution is -2.29. The van der Waals surface area contributed by atoms with Crippen molar-refractivity contribution >= 4 is 41.5 Å². The normalized spacial score (nSPS) is 13.7. The highest BCUT2D eigenvalue weighted by Crippen LogP contribution is 2.29. The predicted octanol–water partition coefficient (Wildman–Crippen LogP) is 1.57. The first-order valence-electron chi connectivity index (χ1n) is 7.20. The molecule has 0 saturated heterocycles. The molecule has 1 aromatic rings. The third kappa shape index (κ3) is 6.12. The van der Waals surface area contributed by atoms with E-state index in [1.54, 1.807) is 26.4 Å². The number of aliphatic imine (C=N–C) groups is 1. The van der Waals surface area contributed by atoms with Crippen LogP contribution < -0.4 is 25.8 Å². The highest BCUT2D eigenvalue weighted by Gasteiger charge is 2.28. The van der Waals surface area contributed by atoms with Crippen LogP contribution in [0.15, 0.2) is 23.2 Å². The fraction of sp³-hybridized carbons (Fsp3) is 0.467. The average molecular weight is 434 g/mol. The first-order chi connectivity index (χ1) is 10.6. The number of hydrogen-bond acceptors (Lipinski definition) is 4. The summed E-state index contributed by atoms with van der Waals surface area (Å²) in [4.78, 5) is 15.6. The zero-order chi connectivity index (χ0) is 15.9. The SMILES string of the molecule is COc1ccc(NC(N)=NCCNC(=O)C2CC2)cc1OC.I. The van der Waals surface area contributed by atoms with Gasteiger partial charge in [0.1, 0.15) is 0 Å². The van der Waals surface area contributed by atoms with Crippen molar-refractivity contribution < 1.29 is 14.3 Å². The topological polar surface area (TPSA) is 98.0 Å². The summed E-state index contributed by atoms with van der Waals surface area (Å²) in [5.41, 5.74) is 6.56. The van der Waals surface area contributed by atoms with E-state index in [1.165, 1.54) is 0 Å². The smallest absolute Gasteiger partial charge is 0.223 e. The molecule has 1 amide bonds. The Kier molecular flexibility index (Phi) is 7.93. The van der Waals surface area contributed by atoms with Crippen molar-refractivity contribution in [2.75, 3.05) is 32.6 Å². The Hall–Kier alpha value is -1.71. The van der Waals surface area contributed by atoms with Crippen LogP contribution in [0.1, 0.15) is 12.8 Å². The van der Waals surface area contributed by atoms with Gasteiger partial charge in [-0.25, -0.2) is 0 Å². The molecule has 0 unspecified atom stereocenters. The molecule has 0 radical (unpaired) electrons. The van der Waals surface area contributed by atoms with E-state index in [4.69, 9.17) is 15.2 Å². The molecule has 23 heavy (non-hydrogen) atoms. The number of nitrogens with two attached hydrogens (primary N) is 1. The highest BCUT2D eigenvalue weighted by molar-refractivity contribution is 14.0. The number of methoxy groups -OCH3 is 2. The second-order valence-electron chi connectivity index (χ2n) is 5.03. The van der Waals surface area contributed by atoms with Crippen LogP contribution in [-0.4, -0.2) is 39.2 Å². The lowest BCUT2D eigenvalue weighted by atomic mass is 10.3. The van der Waals surface area contributed by atoms with Crippen molar-refractivity contribution in [2.24, 2.45) is 16.6 Å². The number of benzene rings is 1. The maximum atomic E-state index is 11.4. The molecule has 0 spiro atoms. The Labute approximate surface area is 153 Å². The number of carbonyl (C=O) groups is 1. The summed E-state index contributed by atoms with van der Waals surface area (Å²) in [6, 6.07) is 5.37. The van der Waals surface area contributed by atoms with Crippen LogP contribution in [0.25, 0.3) is 0 Å². The van der Waals surface area contributed by atoms with Crippen molar-refractivity contribution in [3.63, 3.8) is 0 Å². The molecule has 0 bridgehead atoms. The summed E-state index contributed by atoms with van der Waals surface area (Å²) in [7, 11) is 3.15. The number of guanidine groups is 1. The first-order valence-corrected chi connectivity index (χ1v) is 7.20. The summed E-state index contributed by atoms with van der Waals surface area (Å²) < 4.78 is 10.4. The van der Waals surface area contributed by atoms with Gasteiger partial charge >= 0.3 is 0 Å². The molecule has 128 valence electrons. The van der Waals surface area contributed by atoms with Gasteiger partial charge in [0.05, 0.1) is 20.8 Å². The third-order valence-electron chi connectivity index (χ3n) is 3.30. The van der Waals surface area contributed by atoms with Crippen LogP contribution in [0.4, 0.5) is 5.69 Å². The first kappa shape index (κ1) is 19.3. The number of ether oxygens (including phenoxy) is 2. The number of amides is 1. The average Bonchev–Trinajstić information content (AvgIpc) is 3.36. The number of halogens is 1. The minimum Gasteiger partial charge on any atom is -0.493 e. The maximum Gasteiger partial charge on any atom is 0.223 e. The molecule has 0 aromatic heterocycles. The predicted molar refractivity (Wildman–Crippen MR) is 101 cm³/mol. The van der Waals surface area contributed by atoms with Gasteiger partial charge in [0.15, 0.2) is 17.5 Å². The second kappa shape index (κ2) is 9.43. The third-order valence-corrected chi connectivity index (χ3v) is 3.30. The molecule has 1 aliphatic rings. The molecule has 8 heteroatoms. The molecular formula is C15H23IN4O3. The van der Waals surface area contributed by atoms with E-state index in [1.807, 2.05) is 6.07 Å². The number of carbonyl (C=O) groups excluding carboxylic acids is 1. The van der Waals surface area contributed by atoms with Crippen molar-refractivity contribution in [1.29, 1.82) is 0 Å². The van der Waals surface area contributed by atoms with Crippen LogP contribution in [0.5, 0.6) is 11.5 Å². The van der Waals surface area contributed by atoms with E-state index in [-0.39, 0.29) is 41.8 Å². The minimum absolute atomic E-state index is 0. The largest absolute Gasteiger partial charge is 0.493 e. The molecule has 7 nitrogen and oxygen atoms in total. The van der Waals surface area contributed by atoms with Gasteiger partial charge in [-0.2, -0.15) is 0 Å². The van der Waals surface area contributed by atoms with Crippen molar-refractivity contribution in [3.05, 3.63) is 18.2 Å². The molecular weight excluding hydrogens is 411 g/mol. The van der Waals surface area contributed by atoms with E-state index in [0.717, 1.165) is 18.5 Å². The molecule has 4 N–H and O–H groups in total. The summed E-state index contributed by atoms with van der Waals surface area (Å²) in [6.45, 7) is 0.925. The van der Waals surface area contributed by atoms with Gasteiger partial charge in [-0.15, -0.1) is 24.0 Å². The monoisotopic (exact) mass is 434 g/mol. The Bertz CT molecular complexity index is 562. The van der Waals surface area contributed by atoms with Crippen LogP contribution in [-0.2, 0) is 4.79 Å². The number of anilines is 1. The van der Waals surface area contributed by atoms with E-state index in [0.29, 0.717) is 24.6 Å². The van der Waals surface area contributed by atoms with Gasteiger partial charge in [-0.05, 0) is 25.0 Å². The molecule has 0 heterocycles. The van der Waals surface area contributed by atoms with E-state index < -0.39 is 0 Å². The lowest BCUT2D eigenvalue weighted by molar-refractivity contribution is -0.122. The summed E-state index contributed by atoms with van der Waals surface area (Å²) in [6.07, 6.45) is 2.00. The molecule has 0 atom stereocenters. The molecule has 1 aromatic carbocycles. The minimum atomic E-state index is 0. The highest BCUT2D eigenvalue weighted by atomic mass is 127. The number of rotatable bonds is 7. The summed E-state index contributed by atoms with van der Waals surface area (Å²) >= 11 is 0. The fourth-order valence-corrected chi connectivity index (χ4v) is 1.95. The fourth-order valence-electron chi connectivity index (χ4n) is 1.95. The van der Waals surface area contributed by atoms with Gasteiger partial charge in [0.2, 0.25) is 5.91 Å². The van der Waals surface area contributed by atoms with Gasteiger partial charge < -0.3 is 25.8 Å². The van der Waals surface area contributed by atoms with E-state index in [9.17, 15) is 4.79 Å². The lowest BCUT2D eigenvalue weighted by Gasteiger charge is -2.11. The van der Waals surface area contributed by atoms with Crippen molar-refractivity contribution in [3.8, 4) is 11.5 Å². The van der Waals surface area contributed by atoms with Crippen LogP contribution in [0.3, 0.4) is 0 Å². The van der Waals surface area contributed by atoms with Crippen molar-refractivity contribution in [1.82, 2.24) is 5.32 Å². The van der Waals surface area contributed by atoms with Crippen molar-refractivity contribution in [2.45, 2.75) is 12.8 Å². The van der Waals surface area contributed by atoms with Gasteiger partial charge in [0.25, 0.3) is 0 Å². The summed E-state index contributed by atoms with van der Waals surface area (Å²) in [5, 5.41) is 5.80.